The third-order valence-electron chi connectivity index (χ3n) is 6.56. The van der Waals surface area contributed by atoms with Crippen LogP contribution in [0.5, 0.6) is 0 Å². The van der Waals surface area contributed by atoms with Gasteiger partial charge in [-0.3, -0.25) is 4.79 Å². The Balaban J connectivity index is 1.45. The molecule has 1 aliphatic heterocycles. The van der Waals surface area contributed by atoms with Gasteiger partial charge in [0.1, 0.15) is 10.7 Å². The monoisotopic (exact) mass is 498 g/mol. The average molecular weight is 499 g/mol. The van der Waals surface area contributed by atoms with Crippen molar-refractivity contribution in [3.63, 3.8) is 0 Å². The van der Waals surface area contributed by atoms with Crippen LogP contribution < -0.4 is 5.32 Å². The van der Waals surface area contributed by atoms with Crippen molar-refractivity contribution in [2.45, 2.75) is 49.0 Å². The Hall–Kier alpha value is -1.67. The molecule has 1 N–H and O–H groups in total. The van der Waals surface area contributed by atoms with E-state index in [-0.39, 0.29) is 45.7 Å². The number of amides is 1. The number of benzene rings is 2. The second kappa shape index (κ2) is 9.29. The Bertz CT molecular complexity index is 1070. The summed E-state index contributed by atoms with van der Waals surface area (Å²) in [6.45, 7) is 0.428. The van der Waals surface area contributed by atoms with Crippen LogP contribution in [0.4, 0.5) is 4.39 Å². The number of hydrogen-bond acceptors (Lipinski definition) is 3. The molecular formula is C23H25Cl2FN2O3S. The van der Waals surface area contributed by atoms with Crippen LogP contribution in [-0.4, -0.2) is 31.7 Å². The molecule has 2 aromatic carbocycles. The normalized spacial score (nSPS) is 19.7. The van der Waals surface area contributed by atoms with E-state index in [1.165, 1.54) is 28.6 Å². The molecule has 1 saturated heterocycles. The van der Waals surface area contributed by atoms with E-state index >= 15 is 0 Å². The summed E-state index contributed by atoms with van der Waals surface area (Å²) in [6, 6.07) is 10.9. The number of sulfonamides is 1. The molecule has 0 unspecified atom stereocenters. The fourth-order valence-corrected chi connectivity index (χ4v) is 7.35. The molecule has 1 heterocycles. The lowest BCUT2D eigenvalue weighted by Crippen LogP contribution is -2.49. The van der Waals surface area contributed by atoms with Crippen molar-refractivity contribution in [3.8, 4) is 0 Å². The van der Waals surface area contributed by atoms with Gasteiger partial charge in [-0.2, -0.15) is 4.31 Å². The van der Waals surface area contributed by atoms with Crippen LogP contribution in [0.3, 0.4) is 0 Å². The van der Waals surface area contributed by atoms with E-state index in [1.807, 2.05) is 0 Å². The van der Waals surface area contributed by atoms with Gasteiger partial charge in [0.2, 0.25) is 15.9 Å². The van der Waals surface area contributed by atoms with E-state index < -0.39 is 15.6 Å². The molecule has 5 nitrogen and oxygen atoms in total. The van der Waals surface area contributed by atoms with E-state index in [4.69, 9.17) is 23.2 Å². The number of hydrogen-bond donors (Lipinski definition) is 1. The van der Waals surface area contributed by atoms with Crippen molar-refractivity contribution >= 4 is 39.1 Å². The van der Waals surface area contributed by atoms with Crippen molar-refractivity contribution in [2.24, 2.45) is 5.92 Å². The van der Waals surface area contributed by atoms with Gasteiger partial charge < -0.3 is 5.32 Å². The summed E-state index contributed by atoms with van der Waals surface area (Å²) in [6.07, 6.45) is 4.42. The first-order valence-corrected chi connectivity index (χ1v) is 12.9. The second-order valence-electron chi connectivity index (χ2n) is 8.51. The minimum atomic E-state index is -3.85. The molecule has 4 rings (SSSR count). The van der Waals surface area contributed by atoms with Gasteiger partial charge in [0, 0.05) is 19.0 Å². The van der Waals surface area contributed by atoms with Crippen LogP contribution >= 0.6 is 23.2 Å². The molecule has 172 valence electrons. The molecule has 2 aromatic rings. The van der Waals surface area contributed by atoms with Crippen LogP contribution in [0.15, 0.2) is 47.4 Å². The SMILES string of the molecule is O=C(NC1(c2ccc(F)cc2)CCCC1)C1CCN(S(=O)(=O)c2c(Cl)cccc2Cl)CC1. The highest BCUT2D eigenvalue weighted by Crippen LogP contribution is 2.40. The van der Waals surface area contributed by atoms with E-state index in [0.717, 1.165) is 31.2 Å². The smallest absolute Gasteiger partial charge is 0.246 e. The highest BCUT2D eigenvalue weighted by Gasteiger charge is 2.40. The second-order valence-corrected chi connectivity index (χ2v) is 11.2. The van der Waals surface area contributed by atoms with Gasteiger partial charge in [0.25, 0.3) is 0 Å². The Labute approximate surface area is 197 Å². The van der Waals surface area contributed by atoms with Gasteiger partial charge in [0.15, 0.2) is 0 Å². The van der Waals surface area contributed by atoms with Crippen molar-refractivity contribution in [2.75, 3.05) is 13.1 Å². The molecule has 1 amide bonds. The largest absolute Gasteiger partial charge is 0.346 e. The number of rotatable bonds is 5. The van der Waals surface area contributed by atoms with E-state index in [1.54, 1.807) is 18.2 Å². The number of carbonyl (C=O) groups excluding carboxylic acids is 1. The summed E-state index contributed by atoms with van der Waals surface area (Å²) in [4.78, 5) is 13.0. The Kier molecular flexibility index (Phi) is 6.82. The molecule has 0 atom stereocenters. The summed E-state index contributed by atoms with van der Waals surface area (Å²) in [5.41, 5.74) is 0.428. The molecule has 1 saturated carbocycles. The predicted octanol–water partition coefficient (Wildman–Crippen LogP) is 5.12. The summed E-state index contributed by atoms with van der Waals surface area (Å²) in [5.74, 6) is -0.675. The molecule has 1 aliphatic carbocycles. The first kappa shape index (κ1) is 23.5. The van der Waals surface area contributed by atoms with Crippen molar-refractivity contribution in [3.05, 3.63) is 63.9 Å². The quantitative estimate of drug-likeness (QED) is 0.621. The van der Waals surface area contributed by atoms with E-state index in [9.17, 15) is 17.6 Å². The Morgan fingerprint density at radius 2 is 1.56 bits per heavy atom. The molecule has 0 radical (unpaired) electrons. The molecule has 2 aliphatic rings. The lowest BCUT2D eigenvalue weighted by molar-refractivity contribution is -0.128. The zero-order chi connectivity index (χ0) is 22.9. The molecule has 0 spiro atoms. The van der Waals surface area contributed by atoms with Gasteiger partial charge in [-0.15, -0.1) is 0 Å². The lowest BCUT2D eigenvalue weighted by atomic mass is 9.86. The average Bonchev–Trinajstić information content (AvgIpc) is 3.23. The summed E-state index contributed by atoms with van der Waals surface area (Å²) < 4.78 is 40.9. The maximum atomic E-state index is 13.4. The number of carbonyl (C=O) groups is 1. The molecule has 9 heteroatoms. The van der Waals surface area contributed by atoms with E-state index in [2.05, 4.69) is 5.32 Å². The van der Waals surface area contributed by atoms with Gasteiger partial charge in [0.05, 0.1) is 15.6 Å². The number of piperidine rings is 1. The minimum Gasteiger partial charge on any atom is -0.346 e. The van der Waals surface area contributed by atoms with Gasteiger partial charge >= 0.3 is 0 Å². The Morgan fingerprint density at radius 1 is 1.00 bits per heavy atom. The summed E-state index contributed by atoms with van der Waals surface area (Å²) in [5, 5.41) is 3.40. The maximum Gasteiger partial charge on any atom is 0.246 e. The van der Waals surface area contributed by atoms with Crippen molar-refractivity contribution in [1.82, 2.24) is 9.62 Å². The van der Waals surface area contributed by atoms with Crippen LogP contribution in [0, 0.1) is 11.7 Å². The van der Waals surface area contributed by atoms with Gasteiger partial charge in [-0.25, -0.2) is 12.8 Å². The van der Waals surface area contributed by atoms with E-state index in [0.29, 0.717) is 12.8 Å². The Morgan fingerprint density at radius 3 is 2.12 bits per heavy atom. The van der Waals surface area contributed by atoms with Crippen molar-refractivity contribution < 1.29 is 17.6 Å². The lowest BCUT2D eigenvalue weighted by Gasteiger charge is -2.35. The van der Waals surface area contributed by atoms with Gasteiger partial charge in [-0.05, 0) is 55.5 Å². The molecule has 32 heavy (non-hydrogen) atoms. The fourth-order valence-electron chi connectivity index (χ4n) is 4.79. The first-order chi connectivity index (χ1) is 15.2. The minimum absolute atomic E-state index is 0.0796. The van der Waals surface area contributed by atoms with Crippen LogP contribution in [0.25, 0.3) is 0 Å². The molecule has 0 bridgehead atoms. The third-order valence-corrected chi connectivity index (χ3v) is 9.41. The van der Waals surface area contributed by atoms with Crippen LogP contribution in [0.1, 0.15) is 44.1 Å². The van der Waals surface area contributed by atoms with Gasteiger partial charge in [-0.1, -0.05) is 54.2 Å². The summed E-state index contributed by atoms with van der Waals surface area (Å²) in [7, 11) is -3.85. The first-order valence-electron chi connectivity index (χ1n) is 10.8. The maximum absolute atomic E-state index is 13.4. The number of nitrogens with one attached hydrogen (secondary N) is 1. The van der Waals surface area contributed by atoms with Crippen LogP contribution in [-0.2, 0) is 20.4 Å². The number of nitrogens with zero attached hydrogens (tertiary/aromatic N) is 1. The third kappa shape index (κ3) is 4.53. The highest BCUT2D eigenvalue weighted by molar-refractivity contribution is 7.89. The summed E-state index contributed by atoms with van der Waals surface area (Å²) >= 11 is 12.2. The number of halogens is 3. The molecule has 2 fully saturated rings. The predicted molar refractivity (Wildman–Crippen MR) is 123 cm³/mol. The molecular weight excluding hydrogens is 474 g/mol. The van der Waals surface area contributed by atoms with Crippen LogP contribution in [0.2, 0.25) is 10.0 Å². The molecule has 0 aromatic heterocycles. The fraction of sp³-hybridized carbons (Fsp3) is 0.435. The topological polar surface area (TPSA) is 66.5 Å². The zero-order valence-corrected chi connectivity index (χ0v) is 19.8. The standard InChI is InChI=1S/C23H25Cl2FN2O3S/c24-19-4-3-5-20(25)21(19)32(30,31)28-14-10-16(11-15-28)22(29)27-23(12-1-2-13-23)17-6-8-18(26)9-7-17/h3-9,16H,1-2,10-15H2,(H,27,29). The highest BCUT2D eigenvalue weighted by atomic mass is 35.5. The zero-order valence-electron chi connectivity index (χ0n) is 17.5. The van der Waals surface area contributed by atoms with Crippen molar-refractivity contribution in [1.29, 1.82) is 0 Å².